The van der Waals surface area contributed by atoms with E-state index in [1.54, 1.807) is 36.7 Å². The first-order chi connectivity index (χ1) is 10.5. The van der Waals surface area contributed by atoms with Gasteiger partial charge in [0, 0.05) is 47.2 Å². The predicted molar refractivity (Wildman–Crippen MR) is 88.5 cm³/mol. The summed E-state index contributed by atoms with van der Waals surface area (Å²) >= 11 is 0. The van der Waals surface area contributed by atoms with E-state index in [0.29, 0.717) is 23.5 Å². The molecule has 0 aliphatic heterocycles. The Kier molecular flexibility index (Phi) is 5.27. The minimum absolute atomic E-state index is 0.104. The van der Waals surface area contributed by atoms with Gasteiger partial charge in [0.1, 0.15) is 0 Å². The van der Waals surface area contributed by atoms with Crippen molar-refractivity contribution in [2.75, 3.05) is 11.6 Å². The Labute approximate surface area is 131 Å². The Morgan fingerprint density at radius 3 is 2.73 bits per heavy atom. The van der Waals surface area contributed by atoms with Crippen LogP contribution < -0.4 is 10.9 Å². The average Bonchev–Trinajstić information content (AvgIpc) is 2.48. The molecule has 1 amide bonds. The predicted octanol–water partition coefficient (Wildman–Crippen LogP) is 2.00. The first kappa shape index (κ1) is 16.2. The van der Waals surface area contributed by atoms with Gasteiger partial charge >= 0.3 is 0 Å². The fourth-order valence-corrected chi connectivity index (χ4v) is 2.74. The van der Waals surface area contributed by atoms with Crippen LogP contribution in [0.15, 0.2) is 47.4 Å². The third kappa shape index (κ3) is 4.14. The van der Waals surface area contributed by atoms with Gasteiger partial charge in [0.25, 0.3) is 11.5 Å². The number of anilines is 1. The van der Waals surface area contributed by atoms with Gasteiger partial charge in [0.2, 0.25) is 0 Å². The molecule has 116 valence electrons. The van der Waals surface area contributed by atoms with Gasteiger partial charge in [-0.1, -0.05) is 12.1 Å². The van der Waals surface area contributed by atoms with E-state index in [2.05, 4.69) is 5.32 Å². The van der Waals surface area contributed by atoms with Crippen molar-refractivity contribution in [1.29, 1.82) is 0 Å². The van der Waals surface area contributed by atoms with E-state index in [0.717, 1.165) is 5.56 Å². The van der Waals surface area contributed by atoms with Crippen LogP contribution in [0.25, 0.3) is 0 Å². The highest BCUT2D eigenvalue weighted by molar-refractivity contribution is 7.83. The van der Waals surface area contributed by atoms with Gasteiger partial charge in [0.05, 0.1) is 5.69 Å². The Morgan fingerprint density at radius 2 is 2.05 bits per heavy atom. The highest BCUT2D eigenvalue weighted by atomic mass is 32.2. The largest absolute Gasteiger partial charge is 0.321 e. The molecule has 0 spiro atoms. The molecule has 0 unspecified atom stereocenters. The van der Waals surface area contributed by atoms with E-state index in [-0.39, 0.29) is 11.5 Å². The zero-order valence-corrected chi connectivity index (χ0v) is 13.4. The van der Waals surface area contributed by atoms with Crippen molar-refractivity contribution >= 4 is 22.4 Å². The maximum absolute atomic E-state index is 12.3. The lowest BCUT2D eigenvalue weighted by atomic mass is 10.1. The summed E-state index contributed by atoms with van der Waals surface area (Å²) in [6.07, 6.45) is 3.24. The minimum Gasteiger partial charge on any atom is -0.321 e. The number of amides is 1. The third-order valence-electron chi connectivity index (χ3n) is 3.14. The topological polar surface area (TPSA) is 68.2 Å². The number of nitrogens with zero attached hydrogens (tertiary/aromatic N) is 1. The Morgan fingerprint density at radius 1 is 1.27 bits per heavy atom. The molecule has 0 saturated heterocycles. The van der Waals surface area contributed by atoms with Crippen molar-refractivity contribution in [3.63, 3.8) is 0 Å². The summed E-state index contributed by atoms with van der Waals surface area (Å²) in [7, 11) is -0.953. The van der Waals surface area contributed by atoms with Crippen molar-refractivity contribution < 1.29 is 9.00 Å². The van der Waals surface area contributed by atoms with Gasteiger partial charge in [0.15, 0.2) is 0 Å². The summed E-state index contributed by atoms with van der Waals surface area (Å²) in [4.78, 5) is 23.8. The van der Waals surface area contributed by atoms with E-state index in [9.17, 15) is 13.8 Å². The standard InChI is InChI=1S/C16H18N2O3S/c1-3-18-10-14(7-8-15(18)19)17-16(20)13-6-4-5-12(9-13)11-22(2)21/h4-10H,3,11H2,1-2H3,(H,17,20)/t22-/m1/s1. The highest BCUT2D eigenvalue weighted by Gasteiger charge is 2.08. The molecule has 0 radical (unpaired) electrons. The first-order valence-corrected chi connectivity index (χ1v) is 8.63. The first-order valence-electron chi connectivity index (χ1n) is 6.90. The SMILES string of the molecule is CCn1cc(NC(=O)c2cccc(C[S@@](C)=O)c2)ccc1=O. The number of nitrogens with one attached hydrogen (secondary N) is 1. The lowest BCUT2D eigenvalue weighted by molar-refractivity contribution is 0.102. The lowest BCUT2D eigenvalue weighted by Crippen LogP contribution is -2.19. The maximum atomic E-state index is 12.3. The lowest BCUT2D eigenvalue weighted by Gasteiger charge is -2.09. The second-order valence-corrected chi connectivity index (χ2v) is 6.35. The molecular formula is C16H18N2O3S. The van der Waals surface area contributed by atoms with Crippen LogP contribution in [0.4, 0.5) is 5.69 Å². The molecule has 0 saturated carbocycles. The fourth-order valence-electron chi connectivity index (χ4n) is 2.09. The molecule has 1 N–H and O–H groups in total. The quantitative estimate of drug-likeness (QED) is 0.917. The molecule has 1 atom stereocenters. The minimum atomic E-state index is -0.953. The van der Waals surface area contributed by atoms with Crippen molar-refractivity contribution in [2.45, 2.75) is 19.2 Å². The van der Waals surface area contributed by atoms with Crippen LogP contribution in [0.5, 0.6) is 0 Å². The molecule has 0 fully saturated rings. The van der Waals surface area contributed by atoms with E-state index >= 15 is 0 Å². The van der Waals surface area contributed by atoms with Crippen molar-refractivity contribution in [3.8, 4) is 0 Å². The molecule has 0 aliphatic rings. The molecular weight excluding hydrogens is 300 g/mol. The molecule has 2 rings (SSSR count). The summed E-state index contributed by atoms with van der Waals surface area (Å²) < 4.78 is 12.8. The molecule has 0 bridgehead atoms. The van der Waals surface area contributed by atoms with E-state index in [1.165, 1.54) is 10.6 Å². The zero-order chi connectivity index (χ0) is 16.1. The number of pyridine rings is 1. The summed E-state index contributed by atoms with van der Waals surface area (Å²) in [6, 6.07) is 10.0. The third-order valence-corrected chi connectivity index (χ3v) is 3.88. The van der Waals surface area contributed by atoms with Gasteiger partial charge in [-0.25, -0.2) is 0 Å². The second kappa shape index (κ2) is 7.17. The number of aromatic nitrogens is 1. The van der Waals surface area contributed by atoms with Gasteiger partial charge in [-0.3, -0.25) is 13.8 Å². The molecule has 22 heavy (non-hydrogen) atoms. The van der Waals surface area contributed by atoms with Crippen LogP contribution in [0.3, 0.4) is 0 Å². The van der Waals surface area contributed by atoms with E-state index < -0.39 is 10.8 Å². The second-order valence-electron chi connectivity index (χ2n) is 4.91. The van der Waals surface area contributed by atoms with Crippen molar-refractivity contribution in [3.05, 3.63) is 64.1 Å². The zero-order valence-electron chi connectivity index (χ0n) is 12.5. The molecule has 0 aliphatic carbocycles. The number of rotatable bonds is 5. The van der Waals surface area contributed by atoms with Crippen LogP contribution in [0.1, 0.15) is 22.8 Å². The van der Waals surface area contributed by atoms with Gasteiger partial charge in [-0.15, -0.1) is 0 Å². The van der Waals surface area contributed by atoms with E-state index in [1.807, 2.05) is 13.0 Å². The summed E-state index contributed by atoms with van der Waals surface area (Å²) in [5.41, 5.74) is 1.81. The monoisotopic (exact) mass is 318 g/mol. The molecule has 1 heterocycles. The number of hydrogen-bond donors (Lipinski definition) is 1. The normalized spacial score (nSPS) is 11.9. The van der Waals surface area contributed by atoms with Crippen LogP contribution >= 0.6 is 0 Å². The summed E-state index contributed by atoms with van der Waals surface area (Å²) in [5.74, 6) is 0.159. The van der Waals surface area contributed by atoms with Crippen molar-refractivity contribution in [1.82, 2.24) is 4.57 Å². The average molecular weight is 318 g/mol. The number of hydrogen-bond acceptors (Lipinski definition) is 3. The van der Waals surface area contributed by atoms with Crippen LogP contribution in [0, 0.1) is 0 Å². The summed E-state index contributed by atoms with van der Waals surface area (Å²) in [5, 5.41) is 2.77. The smallest absolute Gasteiger partial charge is 0.255 e. The summed E-state index contributed by atoms with van der Waals surface area (Å²) in [6.45, 7) is 2.40. The maximum Gasteiger partial charge on any atom is 0.255 e. The Bertz CT molecular complexity index is 768. The van der Waals surface area contributed by atoms with Crippen LogP contribution in [-0.2, 0) is 23.1 Å². The number of carbonyl (C=O) groups is 1. The Balaban J connectivity index is 2.18. The molecule has 6 heteroatoms. The number of benzene rings is 1. The van der Waals surface area contributed by atoms with Crippen LogP contribution in [-0.4, -0.2) is 20.9 Å². The molecule has 5 nitrogen and oxygen atoms in total. The van der Waals surface area contributed by atoms with Crippen molar-refractivity contribution in [2.24, 2.45) is 0 Å². The number of aryl methyl sites for hydroxylation is 1. The Hall–Kier alpha value is -2.21. The van der Waals surface area contributed by atoms with Gasteiger partial charge in [-0.05, 0) is 30.7 Å². The number of carbonyl (C=O) groups excluding carboxylic acids is 1. The molecule has 1 aromatic heterocycles. The fraction of sp³-hybridized carbons (Fsp3) is 0.250. The highest BCUT2D eigenvalue weighted by Crippen LogP contribution is 2.11. The molecule has 1 aromatic carbocycles. The van der Waals surface area contributed by atoms with Gasteiger partial charge in [-0.2, -0.15) is 0 Å². The molecule has 2 aromatic rings. The van der Waals surface area contributed by atoms with E-state index in [4.69, 9.17) is 0 Å². The van der Waals surface area contributed by atoms with Crippen LogP contribution in [0.2, 0.25) is 0 Å². The van der Waals surface area contributed by atoms with Gasteiger partial charge < -0.3 is 9.88 Å².